The van der Waals surface area contributed by atoms with Crippen LogP contribution in [0.3, 0.4) is 0 Å². The topological polar surface area (TPSA) is 226 Å². The number of ether oxygens (including phenoxy) is 1. The molecule has 0 bridgehead atoms. The number of hydrogen-bond acceptors (Lipinski definition) is 7. The van der Waals surface area contributed by atoms with Gasteiger partial charge in [-0.25, -0.2) is 0 Å². The predicted octanol–water partition coefficient (Wildman–Crippen LogP) is 5.41. The molecule has 0 aliphatic heterocycles. The summed E-state index contributed by atoms with van der Waals surface area (Å²) >= 11 is 0. The third kappa shape index (κ3) is 14.3. The average molecular weight is 884 g/mol. The fourth-order valence-electron chi connectivity index (χ4n) is 7.61. The minimum Gasteiger partial charge on any atom is -0.368 e. The van der Waals surface area contributed by atoms with Gasteiger partial charge in [-0.3, -0.25) is 28.5 Å². The van der Waals surface area contributed by atoms with Crippen LogP contribution in [-0.4, -0.2) is 70.7 Å². The number of unbranched alkanes of at least 4 members (excludes halogenated alkanes) is 1. The summed E-state index contributed by atoms with van der Waals surface area (Å²) in [5.41, 5.74) is 1.77. The molecule has 4 rings (SSSR count). The Labute approximate surface area is 361 Å². The van der Waals surface area contributed by atoms with Gasteiger partial charge in [-0.1, -0.05) is 94.8 Å². The van der Waals surface area contributed by atoms with Crippen LogP contribution in [0.5, 0.6) is 0 Å². The lowest BCUT2D eigenvalue weighted by Crippen LogP contribution is -2.54. The van der Waals surface area contributed by atoms with E-state index in [1.54, 1.807) is 42.5 Å². The van der Waals surface area contributed by atoms with Gasteiger partial charge in [0.15, 0.2) is 0 Å². The van der Waals surface area contributed by atoms with E-state index in [2.05, 4.69) is 42.0 Å². The number of benzene rings is 3. The number of rotatable bonds is 22. The van der Waals surface area contributed by atoms with Crippen molar-refractivity contribution in [1.82, 2.24) is 21.3 Å². The largest absolute Gasteiger partial charge is 0.399 e. The Hall–Kier alpha value is -5.02. The van der Waals surface area contributed by atoms with E-state index >= 15 is 0 Å². The SMILES string of the molecule is CCc1ccc(C(=O)NCCCCC(NC(=O)C(NC(=O)C(Cc2ccccc2)NC(=O)COC2CC(C)CCC2C(C)C)c2cccc(C(F)(F)P(=O)(O)O)c2)C(N)=O)cc1. The van der Waals surface area contributed by atoms with Gasteiger partial charge in [0.05, 0.1) is 6.10 Å². The van der Waals surface area contributed by atoms with Gasteiger partial charge in [0, 0.05) is 24.1 Å². The highest BCUT2D eigenvalue weighted by Crippen LogP contribution is 2.59. The lowest BCUT2D eigenvalue weighted by Gasteiger charge is -2.37. The molecule has 1 aliphatic rings. The number of alkyl halides is 2. The number of hydrogen-bond donors (Lipinski definition) is 7. The fraction of sp³-hybridized carbons (Fsp3) is 0.489. The quantitative estimate of drug-likeness (QED) is 0.0505. The van der Waals surface area contributed by atoms with Crippen LogP contribution in [0.15, 0.2) is 78.9 Å². The molecule has 0 radical (unpaired) electrons. The monoisotopic (exact) mass is 883 g/mol. The summed E-state index contributed by atoms with van der Waals surface area (Å²) in [5, 5.41) is 10.5. The summed E-state index contributed by atoms with van der Waals surface area (Å²) < 4.78 is 47.9. The first kappa shape index (κ1) is 49.6. The molecule has 0 saturated heterocycles. The van der Waals surface area contributed by atoms with Crippen molar-refractivity contribution in [2.24, 2.45) is 23.5 Å². The minimum absolute atomic E-state index is 0.00323. The zero-order valence-corrected chi connectivity index (χ0v) is 36.5. The molecule has 1 aliphatic carbocycles. The molecule has 3 aromatic rings. The van der Waals surface area contributed by atoms with Crippen LogP contribution in [0.25, 0.3) is 0 Å². The molecule has 3 aromatic carbocycles. The molecule has 0 aromatic heterocycles. The summed E-state index contributed by atoms with van der Waals surface area (Å²) in [4.78, 5) is 85.9. The maximum Gasteiger partial charge on any atom is 0.399 e. The van der Waals surface area contributed by atoms with Crippen LogP contribution in [0.2, 0.25) is 0 Å². The molecule has 14 nitrogen and oxygen atoms in total. The van der Waals surface area contributed by atoms with Gasteiger partial charge in [-0.05, 0) is 91.2 Å². The van der Waals surface area contributed by atoms with Gasteiger partial charge in [0.2, 0.25) is 23.6 Å². The van der Waals surface area contributed by atoms with Crippen LogP contribution in [0.1, 0.15) is 105 Å². The van der Waals surface area contributed by atoms with Crippen molar-refractivity contribution >= 4 is 37.1 Å². The van der Waals surface area contributed by atoms with Gasteiger partial charge in [-0.15, -0.1) is 0 Å². The second-order valence-corrected chi connectivity index (χ2v) is 18.1. The Bertz CT molecular complexity index is 2030. The number of primary amides is 1. The van der Waals surface area contributed by atoms with Crippen molar-refractivity contribution in [3.8, 4) is 0 Å². The first-order chi connectivity index (χ1) is 29.3. The van der Waals surface area contributed by atoms with Crippen LogP contribution in [0, 0.1) is 17.8 Å². The van der Waals surface area contributed by atoms with Crippen molar-refractivity contribution in [2.75, 3.05) is 13.2 Å². The molecule has 1 fully saturated rings. The third-order valence-electron chi connectivity index (χ3n) is 11.3. The molecule has 0 heterocycles. The Kier molecular flexibility index (Phi) is 18.3. The number of carbonyl (C=O) groups excluding carboxylic acids is 5. The minimum atomic E-state index is -6.04. The summed E-state index contributed by atoms with van der Waals surface area (Å²) in [5.74, 6) is -2.81. The molecule has 0 spiro atoms. The van der Waals surface area contributed by atoms with Gasteiger partial charge < -0.3 is 41.5 Å². The van der Waals surface area contributed by atoms with Gasteiger partial charge in [-0.2, -0.15) is 8.78 Å². The van der Waals surface area contributed by atoms with Crippen LogP contribution in [-0.2, 0) is 47.0 Å². The first-order valence-corrected chi connectivity index (χ1v) is 22.7. The lowest BCUT2D eigenvalue weighted by molar-refractivity contribution is -0.136. The first-order valence-electron chi connectivity index (χ1n) is 21.1. The Morgan fingerprint density at radius 2 is 1.56 bits per heavy atom. The molecule has 8 N–H and O–H groups in total. The highest BCUT2D eigenvalue weighted by molar-refractivity contribution is 7.52. The smallest absolute Gasteiger partial charge is 0.368 e. The number of amides is 5. The Morgan fingerprint density at radius 1 is 0.871 bits per heavy atom. The summed E-state index contributed by atoms with van der Waals surface area (Å²) in [6.07, 6.45) is 4.08. The maximum atomic E-state index is 15.0. The summed E-state index contributed by atoms with van der Waals surface area (Å²) in [7, 11) is -6.04. The van der Waals surface area contributed by atoms with Gasteiger partial charge in [0.25, 0.3) is 5.91 Å². The normalized spacial score (nSPS) is 18.2. The third-order valence-corrected chi connectivity index (χ3v) is 12.3. The van der Waals surface area contributed by atoms with Crippen molar-refractivity contribution in [2.45, 2.75) is 109 Å². The molecule has 62 heavy (non-hydrogen) atoms. The zero-order valence-electron chi connectivity index (χ0n) is 35.7. The number of carbonyl (C=O) groups is 5. The van der Waals surface area contributed by atoms with E-state index in [0.717, 1.165) is 43.4 Å². The fourth-order valence-corrected chi connectivity index (χ4v) is 8.09. The second-order valence-electron chi connectivity index (χ2n) is 16.4. The van der Waals surface area contributed by atoms with E-state index in [-0.39, 0.29) is 49.5 Å². The van der Waals surface area contributed by atoms with Crippen LogP contribution in [0.4, 0.5) is 8.78 Å². The predicted molar refractivity (Wildman–Crippen MR) is 230 cm³/mol. The molecular formula is C45H60F2N5O9P. The highest BCUT2D eigenvalue weighted by Gasteiger charge is 2.50. The Morgan fingerprint density at radius 3 is 2.19 bits per heavy atom. The van der Waals surface area contributed by atoms with E-state index in [1.165, 1.54) is 6.07 Å². The molecule has 6 unspecified atom stereocenters. The van der Waals surface area contributed by atoms with E-state index in [0.29, 0.717) is 41.9 Å². The van der Waals surface area contributed by atoms with Gasteiger partial charge in [0.1, 0.15) is 24.7 Å². The van der Waals surface area contributed by atoms with E-state index < -0.39 is 60.6 Å². The number of halogens is 2. The van der Waals surface area contributed by atoms with Crippen molar-refractivity contribution in [3.63, 3.8) is 0 Å². The molecule has 1 saturated carbocycles. The second kappa shape index (κ2) is 22.9. The van der Waals surface area contributed by atoms with Crippen molar-refractivity contribution < 1.29 is 51.8 Å². The van der Waals surface area contributed by atoms with Crippen LogP contribution >= 0.6 is 7.60 Å². The summed E-state index contributed by atoms with van der Waals surface area (Å²) in [6, 6.07) is 15.1. The van der Waals surface area contributed by atoms with Gasteiger partial charge >= 0.3 is 13.3 Å². The molecular weight excluding hydrogens is 823 g/mol. The lowest BCUT2D eigenvalue weighted by atomic mass is 9.75. The molecule has 5 amide bonds. The standard InChI is InChI=1S/C45H60F2N5O9P/c1-5-30-18-20-32(21-19-30)42(55)49-23-10-9-16-36(41(48)54)51-44(57)40(33-14-11-15-34(26-33)45(46,47)62(58,59)60)52-43(56)37(25-31-12-7-6-8-13-31)50-39(53)27-61-38-24-29(4)17-22-35(38)28(2)3/h6-8,11-15,18-21,26,28-29,35-38,40H,5,9-10,16-17,22-25,27H2,1-4H3,(H2,48,54)(H,49,55)(H,50,53)(H,51,57)(H,52,56)(H2,58,59,60). The number of aryl methyl sites for hydroxylation is 1. The van der Waals surface area contributed by atoms with Crippen LogP contribution < -0.4 is 27.0 Å². The zero-order chi connectivity index (χ0) is 45.6. The highest BCUT2D eigenvalue weighted by atomic mass is 31.2. The molecule has 6 atom stereocenters. The van der Waals surface area contributed by atoms with E-state index in [1.807, 2.05) is 19.1 Å². The molecule has 338 valence electrons. The number of nitrogens with two attached hydrogens (primary N) is 1. The van der Waals surface area contributed by atoms with Crippen molar-refractivity contribution in [3.05, 3.63) is 107 Å². The summed E-state index contributed by atoms with van der Waals surface area (Å²) in [6.45, 7) is 8.24. The van der Waals surface area contributed by atoms with E-state index in [4.69, 9.17) is 10.5 Å². The average Bonchev–Trinajstić information content (AvgIpc) is 3.23. The number of nitrogens with one attached hydrogen (secondary N) is 4. The molecule has 17 heteroatoms. The maximum absolute atomic E-state index is 15.0. The van der Waals surface area contributed by atoms with Crippen molar-refractivity contribution in [1.29, 1.82) is 0 Å². The van der Waals surface area contributed by atoms with E-state index in [9.17, 15) is 47.1 Å². The Balaban J connectivity index is 1.54.